The smallest absolute Gasteiger partial charge is 0.419 e. The number of aromatic hydroxyl groups is 1. The van der Waals surface area contributed by atoms with Gasteiger partial charge in [0.15, 0.2) is 11.3 Å². The lowest BCUT2D eigenvalue weighted by Gasteiger charge is -2.17. The van der Waals surface area contributed by atoms with E-state index in [1.807, 2.05) is 0 Å². The fourth-order valence-electron chi connectivity index (χ4n) is 3.44. The third kappa shape index (κ3) is 4.71. The molecule has 13 heteroatoms. The molecule has 0 aliphatic rings. The maximum atomic E-state index is 13.8. The summed E-state index contributed by atoms with van der Waals surface area (Å²) in [5, 5.41) is 12.8. The number of carbonyl (C=O) groups is 2. The second-order valence-corrected chi connectivity index (χ2v) is 7.80. The normalized spacial score (nSPS) is 11.9. The van der Waals surface area contributed by atoms with Crippen LogP contribution >= 0.6 is 0 Å². The molecule has 1 aromatic carbocycles. The van der Waals surface area contributed by atoms with E-state index in [1.165, 1.54) is 31.1 Å². The first kappa shape index (κ1) is 24.3. The number of hydrogen-bond acceptors (Lipinski definition) is 7. The summed E-state index contributed by atoms with van der Waals surface area (Å²) in [5.41, 5.74) is -2.77. The Hall–Kier alpha value is -4.81. The SMILES string of the molecule is C[C@@H](COC(=O)n1ccnc1)n1ccn2cc(C(=O)NCc3ccc(F)cc3F)c(=O)c(O)c2c1=O. The number of nitrogens with one attached hydrogen (secondary N) is 1. The van der Waals surface area contributed by atoms with E-state index in [2.05, 4.69) is 10.3 Å². The number of hydrogen-bond donors (Lipinski definition) is 2. The van der Waals surface area contributed by atoms with Crippen molar-refractivity contribution in [3.8, 4) is 5.75 Å². The molecule has 0 unspecified atom stereocenters. The minimum absolute atomic E-state index is 0.0134. The Morgan fingerprint density at radius 3 is 2.67 bits per heavy atom. The van der Waals surface area contributed by atoms with E-state index in [-0.39, 0.29) is 18.7 Å². The summed E-state index contributed by atoms with van der Waals surface area (Å²) in [6.45, 7) is 1.05. The number of halogens is 2. The maximum absolute atomic E-state index is 13.8. The molecule has 0 aliphatic carbocycles. The van der Waals surface area contributed by atoms with Crippen molar-refractivity contribution in [3.63, 3.8) is 0 Å². The number of carbonyl (C=O) groups excluding carboxylic acids is 2. The van der Waals surface area contributed by atoms with Gasteiger partial charge in [-0.15, -0.1) is 0 Å². The number of pyridine rings is 1. The number of amides is 1. The van der Waals surface area contributed by atoms with Crippen LogP contribution in [0.25, 0.3) is 5.52 Å². The first-order valence-corrected chi connectivity index (χ1v) is 10.5. The number of rotatable bonds is 6. The zero-order valence-electron chi connectivity index (χ0n) is 18.7. The van der Waals surface area contributed by atoms with Crippen LogP contribution in [-0.2, 0) is 11.3 Å². The number of nitrogens with zero attached hydrogens (tertiary/aromatic N) is 4. The molecule has 1 atom stereocenters. The summed E-state index contributed by atoms with van der Waals surface area (Å²) in [4.78, 5) is 53.9. The van der Waals surface area contributed by atoms with Gasteiger partial charge in [0.1, 0.15) is 30.1 Å². The monoisotopic (exact) mass is 499 g/mol. The average Bonchev–Trinajstić information content (AvgIpc) is 3.39. The van der Waals surface area contributed by atoms with Crippen LogP contribution in [0.5, 0.6) is 5.75 Å². The third-order valence-corrected chi connectivity index (χ3v) is 5.37. The van der Waals surface area contributed by atoms with Crippen LogP contribution < -0.4 is 16.3 Å². The van der Waals surface area contributed by atoms with Crippen molar-refractivity contribution in [1.82, 2.24) is 23.8 Å². The van der Waals surface area contributed by atoms with Gasteiger partial charge in [0.05, 0.1) is 6.04 Å². The zero-order valence-corrected chi connectivity index (χ0v) is 18.7. The minimum atomic E-state index is -1.11. The van der Waals surface area contributed by atoms with Crippen LogP contribution in [-0.4, -0.2) is 42.2 Å². The molecular formula is C23H19F2N5O6. The van der Waals surface area contributed by atoms with Crippen LogP contribution in [0.3, 0.4) is 0 Å². The third-order valence-electron chi connectivity index (χ3n) is 5.37. The number of fused-ring (bicyclic) bond motifs is 1. The lowest BCUT2D eigenvalue weighted by atomic mass is 10.2. The first-order valence-electron chi connectivity index (χ1n) is 10.5. The summed E-state index contributed by atoms with van der Waals surface area (Å²) in [6.07, 6.45) is 7.07. The van der Waals surface area contributed by atoms with E-state index in [9.17, 15) is 33.1 Å². The summed E-state index contributed by atoms with van der Waals surface area (Å²) < 4.78 is 35.4. The molecule has 0 aliphatic heterocycles. The second-order valence-electron chi connectivity index (χ2n) is 7.80. The van der Waals surface area contributed by atoms with Gasteiger partial charge in [-0.1, -0.05) is 6.07 Å². The van der Waals surface area contributed by atoms with E-state index in [4.69, 9.17) is 4.74 Å². The standard InChI is InChI=1S/C23H19F2N5O6/c1-13(11-36-23(35)29-5-4-26-12-29)30-7-6-28-10-16(19(31)20(32)18(28)22(30)34)21(33)27-9-14-2-3-15(24)8-17(14)25/h2-8,10,12-13,32H,9,11H2,1H3,(H,27,33)/t13-/m0/s1. The Labute approximate surface area is 200 Å². The molecule has 0 bridgehead atoms. The molecule has 1 amide bonds. The number of aromatic nitrogens is 4. The van der Waals surface area contributed by atoms with Crippen LogP contribution in [0.4, 0.5) is 13.6 Å². The highest BCUT2D eigenvalue weighted by Crippen LogP contribution is 2.14. The Morgan fingerprint density at radius 1 is 1.19 bits per heavy atom. The molecule has 0 radical (unpaired) electrons. The fraction of sp³-hybridized carbons (Fsp3) is 0.174. The molecule has 0 saturated carbocycles. The van der Waals surface area contributed by atoms with Gasteiger partial charge >= 0.3 is 6.09 Å². The quantitative estimate of drug-likeness (QED) is 0.413. The lowest BCUT2D eigenvalue weighted by Crippen LogP contribution is -2.32. The largest absolute Gasteiger partial charge is 0.503 e. The van der Waals surface area contributed by atoms with Crippen LogP contribution in [0.1, 0.15) is 28.9 Å². The van der Waals surface area contributed by atoms with Crippen LogP contribution in [0.2, 0.25) is 0 Å². The molecule has 2 N–H and O–H groups in total. The molecule has 11 nitrogen and oxygen atoms in total. The van der Waals surface area contributed by atoms with Gasteiger partial charge in [0.2, 0.25) is 5.43 Å². The number of ether oxygens (including phenoxy) is 1. The molecule has 0 saturated heterocycles. The molecule has 3 heterocycles. The van der Waals surface area contributed by atoms with Gasteiger partial charge in [-0.2, -0.15) is 0 Å². The van der Waals surface area contributed by atoms with E-state index in [1.54, 1.807) is 6.92 Å². The van der Waals surface area contributed by atoms with Gasteiger partial charge < -0.3 is 24.1 Å². The van der Waals surface area contributed by atoms with Gasteiger partial charge in [-0.25, -0.2) is 23.1 Å². The van der Waals surface area contributed by atoms with E-state index in [0.717, 1.165) is 31.9 Å². The van der Waals surface area contributed by atoms with Crippen molar-refractivity contribution in [2.75, 3.05) is 6.61 Å². The predicted octanol–water partition coefficient (Wildman–Crippen LogP) is 1.82. The van der Waals surface area contributed by atoms with E-state index in [0.29, 0.717) is 6.07 Å². The molecule has 4 aromatic rings. The Bertz CT molecular complexity index is 1580. The predicted molar refractivity (Wildman–Crippen MR) is 121 cm³/mol. The summed E-state index contributed by atoms with van der Waals surface area (Å²) in [6, 6.07) is 2.15. The van der Waals surface area contributed by atoms with Crippen molar-refractivity contribution in [2.24, 2.45) is 0 Å². The molecule has 186 valence electrons. The summed E-state index contributed by atoms with van der Waals surface area (Å²) in [7, 11) is 0. The highest BCUT2D eigenvalue weighted by atomic mass is 19.1. The maximum Gasteiger partial charge on any atom is 0.419 e. The first-order chi connectivity index (χ1) is 17.2. The van der Waals surface area contributed by atoms with Crippen molar-refractivity contribution < 1.29 is 28.2 Å². The molecule has 3 aromatic heterocycles. The van der Waals surface area contributed by atoms with Gasteiger partial charge in [-0.3, -0.25) is 14.4 Å². The Balaban J connectivity index is 1.56. The van der Waals surface area contributed by atoms with Crippen LogP contribution in [0.15, 0.2) is 65.1 Å². The lowest BCUT2D eigenvalue weighted by molar-refractivity contribution is 0.0948. The molecule has 0 spiro atoms. The molecule has 0 fully saturated rings. The Kier molecular flexibility index (Phi) is 6.63. The fourth-order valence-corrected chi connectivity index (χ4v) is 3.44. The molecular weight excluding hydrogens is 480 g/mol. The van der Waals surface area contributed by atoms with Crippen molar-refractivity contribution in [1.29, 1.82) is 0 Å². The minimum Gasteiger partial charge on any atom is -0.503 e. The van der Waals surface area contributed by atoms with Crippen molar-refractivity contribution in [3.05, 3.63) is 98.8 Å². The summed E-state index contributed by atoms with van der Waals surface area (Å²) in [5.74, 6) is -3.55. The molecule has 4 rings (SSSR count). The van der Waals surface area contributed by atoms with Gasteiger partial charge in [0.25, 0.3) is 11.5 Å². The molecule has 36 heavy (non-hydrogen) atoms. The highest BCUT2D eigenvalue weighted by Gasteiger charge is 2.21. The average molecular weight is 499 g/mol. The summed E-state index contributed by atoms with van der Waals surface area (Å²) >= 11 is 0. The highest BCUT2D eigenvalue weighted by molar-refractivity contribution is 5.94. The zero-order chi connectivity index (χ0) is 26.0. The topological polar surface area (TPSA) is 137 Å². The number of imidazole rings is 1. The van der Waals surface area contributed by atoms with Crippen molar-refractivity contribution >= 4 is 17.5 Å². The van der Waals surface area contributed by atoms with E-state index < -0.39 is 57.5 Å². The van der Waals surface area contributed by atoms with Crippen LogP contribution in [0, 0.1) is 11.6 Å². The van der Waals surface area contributed by atoms with Crippen molar-refractivity contribution in [2.45, 2.75) is 19.5 Å². The van der Waals surface area contributed by atoms with E-state index >= 15 is 0 Å². The Morgan fingerprint density at radius 2 is 1.97 bits per heavy atom. The van der Waals surface area contributed by atoms with Gasteiger partial charge in [0, 0.05) is 49.2 Å². The second kappa shape index (κ2) is 9.82. The number of benzene rings is 1. The van der Waals surface area contributed by atoms with Gasteiger partial charge in [-0.05, 0) is 13.0 Å².